The first-order valence-electron chi connectivity index (χ1n) is 5.73. The highest BCUT2D eigenvalue weighted by Crippen LogP contribution is 2.28. The molecule has 15 heavy (non-hydrogen) atoms. The number of rotatable bonds is 5. The monoisotopic (exact) mass is 225 g/mol. The summed E-state index contributed by atoms with van der Waals surface area (Å²) in [6.07, 6.45) is 5.86. The maximum absolute atomic E-state index is 9.41. The van der Waals surface area contributed by atoms with E-state index >= 15 is 0 Å². The fourth-order valence-corrected chi connectivity index (χ4v) is 3.06. The van der Waals surface area contributed by atoms with Crippen molar-refractivity contribution in [3.05, 3.63) is 22.4 Å². The minimum Gasteiger partial charge on any atom is -0.394 e. The van der Waals surface area contributed by atoms with Crippen LogP contribution in [0.5, 0.6) is 0 Å². The van der Waals surface area contributed by atoms with Gasteiger partial charge in [0, 0.05) is 17.0 Å². The Kier molecular flexibility index (Phi) is 3.78. The second-order valence-electron chi connectivity index (χ2n) is 4.40. The Bertz CT molecular complexity index is 278. The molecule has 1 aliphatic carbocycles. The number of hydrogen-bond acceptors (Lipinski definition) is 3. The summed E-state index contributed by atoms with van der Waals surface area (Å²) in [6.45, 7) is 1.28. The van der Waals surface area contributed by atoms with E-state index in [1.165, 1.54) is 17.7 Å². The second-order valence-corrected chi connectivity index (χ2v) is 5.43. The van der Waals surface area contributed by atoms with Crippen LogP contribution in [0.1, 0.15) is 30.6 Å². The summed E-state index contributed by atoms with van der Waals surface area (Å²) in [5, 5.41) is 15.1. The Morgan fingerprint density at radius 1 is 1.40 bits per heavy atom. The molecule has 2 nitrogen and oxygen atoms in total. The van der Waals surface area contributed by atoms with Gasteiger partial charge in [-0.05, 0) is 30.7 Å². The highest BCUT2D eigenvalue weighted by atomic mass is 32.1. The van der Waals surface area contributed by atoms with Gasteiger partial charge in [-0.3, -0.25) is 0 Å². The zero-order chi connectivity index (χ0) is 10.6. The van der Waals surface area contributed by atoms with E-state index in [2.05, 4.69) is 22.8 Å². The fraction of sp³-hybridized carbons (Fsp3) is 0.667. The highest BCUT2D eigenvalue weighted by Gasteiger charge is 2.31. The average molecular weight is 225 g/mol. The molecule has 1 aromatic rings. The molecular formula is C12H19NOS. The van der Waals surface area contributed by atoms with Crippen molar-refractivity contribution in [2.45, 2.75) is 37.6 Å². The molecule has 0 aromatic carbocycles. The van der Waals surface area contributed by atoms with Crippen molar-refractivity contribution < 1.29 is 5.11 Å². The SMILES string of the molecule is OCC1(NCCc2cccs2)CCCC1. The predicted molar refractivity (Wildman–Crippen MR) is 64.3 cm³/mol. The summed E-state index contributed by atoms with van der Waals surface area (Å²) >= 11 is 1.81. The van der Waals surface area contributed by atoms with Crippen molar-refractivity contribution in [1.82, 2.24) is 5.32 Å². The number of thiophene rings is 1. The van der Waals surface area contributed by atoms with Crippen LogP contribution in [-0.2, 0) is 6.42 Å². The summed E-state index contributed by atoms with van der Waals surface area (Å²) in [5.41, 5.74) is 0.0389. The normalized spacial score (nSPS) is 19.5. The lowest BCUT2D eigenvalue weighted by Gasteiger charge is -2.28. The van der Waals surface area contributed by atoms with Crippen molar-refractivity contribution in [3.63, 3.8) is 0 Å². The molecule has 1 heterocycles. The van der Waals surface area contributed by atoms with Crippen molar-refractivity contribution in [3.8, 4) is 0 Å². The number of hydrogen-bond donors (Lipinski definition) is 2. The van der Waals surface area contributed by atoms with E-state index in [0.717, 1.165) is 25.8 Å². The topological polar surface area (TPSA) is 32.3 Å². The highest BCUT2D eigenvalue weighted by molar-refractivity contribution is 7.09. The Morgan fingerprint density at radius 2 is 2.20 bits per heavy atom. The van der Waals surface area contributed by atoms with Crippen molar-refractivity contribution in [2.75, 3.05) is 13.2 Å². The first-order chi connectivity index (χ1) is 7.35. The quantitative estimate of drug-likeness (QED) is 0.805. The summed E-state index contributed by atoms with van der Waals surface area (Å²) in [4.78, 5) is 1.42. The summed E-state index contributed by atoms with van der Waals surface area (Å²) in [5.74, 6) is 0. The lowest BCUT2D eigenvalue weighted by Crippen LogP contribution is -2.46. The van der Waals surface area contributed by atoms with Gasteiger partial charge in [-0.15, -0.1) is 11.3 Å². The van der Waals surface area contributed by atoms with E-state index in [-0.39, 0.29) is 12.1 Å². The van der Waals surface area contributed by atoms with E-state index in [1.54, 1.807) is 0 Å². The van der Waals surface area contributed by atoms with Crippen LogP contribution >= 0.6 is 11.3 Å². The van der Waals surface area contributed by atoms with Gasteiger partial charge in [0.15, 0.2) is 0 Å². The van der Waals surface area contributed by atoms with Crippen LogP contribution in [-0.4, -0.2) is 23.8 Å². The van der Waals surface area contributed by atoms with E-state index in [1.807, 2.05) is 11.3 Å². The van der Waals surface area contributed by atoms with Crippen LogP contribution in [0, 0.1) is 0 Å². The Balaban J connectivity index is 1.77. The lowest BCUT2D eigenvalue weighted by molar-refractivity contribution is 0.165. The molecule has 1 aliphatic rings. The molecule has 2 rings (SSSR count). The van der Waals surface area contributed by atoms with Crippen LogP contribution in [0.15, 0.2) is 17.5 Å². The third kappa shape index (κ3) is 2.80. The van der Waals surface area contributed by atoms with E-state index < -0.39 is 0 Å². The lowest BCUT2D eigenvalue weighted by atomic mass is 9.99. The first kappa shape index (κ1) is 11.1. The molecule has 0 spiro atoms. The summed E-state index contributed by atoms with van der Waals surface area (Å²) < 4.78 is 0. The number of nitrogens with one attached hydrogen (secondary N) is 1. The third-order valence-corrected chi connectivity index (χ3v) is 4.25. The van der Waals surface area contributed by atoms with E-state index in [4.69, 9.17) is 0 Å². The molecule has 84 valence electrons. The van der Waals surface area contributed by atoms with Crippen molar-refractivity contribution >= 4 is 11.3 Å². The summed E-state index contributed by atoms with van der Waals surface area (Å²) in [6, 6.07) is 4.27. The zero-order valence-electron chi connectivity index (χ0n) is 9.04. The van der Waals surface area contributed by atoms with Crippen molar-refractivity contribution in [1.29, 1.82) is 0 Å². The number of aliphatic hydroxyl groups excluding tert-OH is 1. The molecule has 3 heteroatoms. The van der Waals surface area contributed by atoms with Crippen LogP contribution in [0.3, 0.4) is 0 Å². The van der Waals surface area contributed by atoms with Crippen LogP contribution in [0.2, 0.25) is 0 Å². The maximum Gasteiger partial charge on any atom is 0.0613 e. The molecule has 0 saturated heterocycles. The van der Waals surface area contributed by atoms with Crippen LogP contribution in [0.25, 0.3) is 0 Å². The van der Waals surface area contributed by atoms with Gasteiger partial charge in [-0.2, -0.15) is 0 Å². The van der Waals surface area contributed by atoms with Gasteiger partial charge in [-0.1, -0.05) is 18.9 Å². The van der Waals surface area contributed by atoms with E-state index in [9.17, 15) is 5.11 Å². The summed E-state index contributed by atoms with van der Waals surface area (Å²) in [7, 11) is 0. The molecule has 0 bridgehead atoms. The largest absolute Gasteiger partial charge is 0.394 e. The Hall–Kier alpha value is -0.380. The Morgan fingerprint density at radius 3 is 2.80 bits per heavy atom. The molecule has 2 N–H and O–H groups in total. The second kappa shape index (κ2) is 5.10. The third-order valence-electron chi connectivity index (χ3n) is 3.31. The minimum absolute atomic E-state index is 0.0389. The Labute approximate surface area is 95.3 Å². The molecule has 1 fully saturated rings. The number of aliphatic hydroxyl groups is 1. The van der Waals surface area contributed by atoms with Gasteiger partial charge >= 0.3 is 0 Å². The average Bonchev–Trinajstić information content (AvgIpc) is 2.89. The molecular weight excluding hydrogens is 206 g/mol. The molecule has 1 aromatic heterocycles. The molecule has 1 saturated carbocycles. The standard InChI is InChI=1S/C12H19NOS/c14-10-12(6-1-2-7-12)13-8-5-11-4-3-9-15-11/h3-4,9,13-14H,1-2,5-8,10H2. The minimum atomic E-state index is 0.0389. The zero-order valence-corrected chi connectivity index (χ0v) is 9.85. The van der Waals surface area contributed by atoms with Gasteiger partial charge in [0.1, 0.15) is 0 Å². The molecule has 0 aliphatic heterocycles. The fourth-order valence-electron chi connectivity index (χ4n) is 2.35. The molecule has 0 radical (unpaired) electrons. The van der Waals surface area contributed by atoms with E-state index in [0.29, 0.717) is 0 Å². The smallest absolute Gasteiger partial charge is 0.0613 e. The van der Waals surface area contributed by atoms with Gasteiger partial charge in [0.05, 0.1) is 6.61 Å². The molecule has 0 atom stereocenters. The van der Waals surface area contributed by atoms with Gasteiger partial charge in [-0.25, -0.2) is 0 Å². The predicted octanol–water partition coefficient (Wildman–Crippen LogP) is 2.19. The van der Waals surface area contributed by atoms with Crippen LogP contribution in [0.4, 0.5) is 0 Å². The van der Waals surface area contributed by atoms with Crippen molar-refractivity contribution in [2.24, 2.45) is 0 Å². The molecule has 0 unspecified atom stereocenters. The maximum atomic E-state index is 9.41. The van der Waals surface area contributed by atoms with Gasteiger partial charge in [0.2, 0.25) is 0 Å². The van der Waals surface area contributed by atoms with Crippen LogP contribution < -0.4 is 5.32 Å². The first-order valence-corrected chi connectivity index (χ1v) is 6.61. The molecule has 0 amide bonds. The van der Waals surface area contributed by atoms with Gasteiger partial charge in [0.25, 0.3) is 0 Å². The van der Waals surface area contributed by atoms with Gasteiger partial charge < -0.3 is 10.4 Å².